The highest BCUT2D eigenvalue weighted by Crippen LogP contribution is 2.17. The number of aliphatic hydroxyl groups excluding tert-OH is 2. The lowest BCUT2D eigenvalue weighted by molar-refractivity contribution is 0.0283. The number of nitrogens with two attached hydrogens (primary N) is 1. The molecule has 240 valence electrons. The molecule has 0 saturated carbocycles. The first-order chi connectivity index (χ1) is 19.6. The molecule has 0 spiro atoms. The highest BCUT2D eigenvalue weighted by atomic mass is 16.3. The normalized spacial score (nSPS) is 13.0. The predicted octanol–water partition coefficient (Wildman–Crippen LogP) is 10.1. The summed E-state index contributed by atoms with van der Waals surface area (Å²) in [6.07, 6.45) is 34.8. The van der Waals surface area contributed by atoms with Gasteiger partial charge in [0.25, 0.3) is 0 Å². The van der Waals surface area contributed by atoms with Gasteiger partial charge >= 0.3 is 6.03 Å². The van der Waals surface area contributed by atoms with E-state index in [9.17, 15) is 15.0 Å². The fourth-order valence-electron chi connectivity index (χ4n) is 5.91. The highest BCUT2D eigenvalue weighted by molar-refractivity contribution is 5.72. The highest BCUT2D eigenvalue weighted by Gasteiger charge is 2.27. The molecule has 0 heterocycles. The molecule has 0 saturated heterocycles. The van der Waals surface area contributed by atoms with Crippen LogP contribution in [-0.4, -0.2) is 46.4 Å². The van der Waals surface area contributed by atoms with Crippen molar-refractivity contribution in [2.75, 3.05) is 13.2 Å². The summed E-state index contributed by atoms with van der Waals surface area (Å²) in [7, 11) is 0. The summed E-state index contributed by atoms with van der Waals surface area (Å²) in [6, 6.07) is -1.12. The number of hydrogen-bond donors (Lipinski definition) is 3. The molecule has 0 fully saturated rings. The van der Waals surface area contributed by atoms with Crippen molar-refractivity contribution >= 4 is 6.03 Å². The molecule has 5 heteroatoms. The number of urea groups is 1. The third-order valence-electron chi connectivity index (χ3n) is 8.67. The number of amides is 2. The Morgan fingerprint density at radius 1 is 0.550 bits per heavy atom. The van der Waals surface area contributed by atoms with Crippen molar-refractivity contribution in [3.63, 3.8) is 0 Å². The van der Waals surface area contributed by atoms with Gasteiger partial charge in [-0.05, 0) is 12.8 Å². The van der Waals surface area contributed by atoms with E-state index in [-0.39, 0.29) is 6.61 Å². The van der Waals surface area contributed by atoms with E-state index in [1.807, 2.05) is 0 Å². The topological polar surface area (TPSA) is 86.8 Å². The van der Waals surface area contributed by atoms with E-state index >= 15 is 0 Å². The molecule has 0 rings (SSSR count). The van der Waals surface area contributed by atoms with Gasteiger partial charge in [-0.25, -0.2) is 4.79 Å². The van der Waals surface area contributed by atoms with Crippen molar-refractivity contribution in [3.8, 4) is 0 Å². The average molecular weight is 569 g/mol. The number of unbranched alkanes of at least 4 members (excludes halogenated alkanes) is 25. The molecule has 0 aromatic carbocycles. The third-order valence-corrected chi connectivity index (χ3v) is 8.67. The van der Waals surface area contributed by atoms with E-state index in [2.05, 4.69) is 13.8 Å². The van der Waals surface area contributed by atoms with Crippen LogP contribution < -0.4 is 5.73 Å². The molecular formula is C35H72N2O3. The van der Waals surface area contributed by atoms with Gasteiger partial charge in [0.2, 0.25) is 0 Å². The average Bonchev–Trinajstić information content (AvgIpc) is 2.94. The van der Waals surface area contributed by atoms with Gasteiger partial charge in [0.15, 0.2) is 0 Å². The van der Waals surface area contributed by atoms with Crippen molar-refractivity contribution in [2.24, 2.45) is 5.73 Å². The summed E-state index contributed by atoms with van der Waals surface area (Å²) in [5.74, 6) is 0. The van der Waals surface area contributed by atoms with Crippen molar-refractivity contribution < 1.29 is 15.0 Å². The second kappa shape index (κ2) is 31.1. The predicted molar refractivity (Wildman–Crippen MR) is 174 cm³/mol. The van der Waals surface area contributed by atoms with Crippen LogP contribution in [0.25, 0.3) is 0 Å². The number of rotatable bonds is 32. The van der Waals surface area contributed by atoms with E-state index < -0.39 is 18.2 Å². The number of carbonyl (C=O) groups excluding carboxylic acids is 1. The summed E-state index contributed by atoms with van der Waals surface area (Å²) in [5.41, 5.74) is 5.64. The van der Waals surface area contributed by atoms with Gasteiger partial charge in [-0.1, -0.05) is 181 Å². The van der Waals surface area contributed by atoms with Crippen molar-refractivity contribution in [3.05, 3.63) is 0 Å². The van der Waals surface area contributed by atoms with Crippen LogP contribution in [-0.2, 0) is 0 Å². The zero-order chi connectivity index (χ0) is 29.5. The first-order valence-corrected chi connectivity index (χ1v) is 17.9. The van der Waals surface area contributed by atoms with Gasteiger partial charge in [0.1, 0.15) is 0 Å². The summed E-state index contributed by atoms with van der Waals surface area (Å²) in [5, 5.41) is 20.6. The molecule has 5 nitrogen and oxygen atoms in total. The Kier molecular flexibility index (Phi) is 30.5. The zero-order valence-electron chi connectivity index (χ0n) is 27.2. The maximum Gasteiger partial charge on any atom is 0.315 e. The molecule has 0 aliphatic heterocycles. The first-order valence-electron chi connectivity index (χ1n) is 17.9. The summed E-state index contributed by atoms with van der Waals surface area (Å²) < 4.78 is 0. The lowest BCUT2D eigenvalue weighted by atomic mass is 10.0. The van der Waals surface area contributed by atoms with Crippen LogP contribution in [0.1, 0.15) is 194 Å². The van der Waals surface area contributed by atoms with Crippen LogP contribution in [0.4, 0.5) is 4.79 Å². The van der Waals surface area contributed by atoms with Gasteiger partial charge in [0.05, 0.1) is 18.8 Å². The van der Waals surface area contributed by atoms with Gasteiger partial charge in [-0.15, -0.1) is 0 Å². The van der Waals surface area contributed by atoms with Crippen LogP contribution in [0.3, 0.4) is 0 Å². The largest absolute Gasteiger partial charge is 0.394 e. The summed E-state index contributed by atoms with van der Waals surface area (Å²) in [6.45, 7) is 4.82. The van der Waals surface area contributed by atoms with Crippen LogP contribution in [0.2, 0.25) is 0 Å². The second-order valence-electron chi connectivity index (χ2n) is 12.5. The monoisotopic (exact) mass is 569 g/mol. The first kappa shape index (κ1) is 39.2. The SMILES string of the molecule is CCCCCCCCCCCCCCCCN(C(N)=O)C(CO)C(O)CCCCCCCCCCCCCCC. The van der Waals surface area contributed by atoms with Crippen LogP contribution in [0.5, 0.6) is 0 Å². The van der Waals surface area contributed by atoms with Crippen molar-refractivity contribution in [1.82, 2.24) is 4.90 Å². The minimum absolute atomic E-state index is 0.235. The van der Waals surface area contributed by atoms with E-state index in [4.69, 9.17) is 5.73 Å². The third kappa shape index (κ3) is 24.9. The smallest absolute Gasteiger partial charge is 0.315 e. The molecule has 0 aliphatic rings. The molecule has 2 atom stereocenters. The van der Waals surface area contributed by atoms with Gasteiger partial charge < -0.3 is 20.8 Å². The molecule has 0 radical (unpaired) electrons. The molecular weight excluding hydrogens is 496 g/mol. The Bertz CT molecular complexity index is 517. The molecule has 4 N–H and O–H groups in total. The van der Waals surface area contributed by atoms with E-state index in [1.54, 1.807) is 0 Å². The van der Waals surface area contributed by atoms with Crippen LogP contribution >= 0.6 is 0 Å². The van der Waals surface area contributed by atoms with Gasteiger partial charge in [-0.2, -0.15) is 0 Å². The molecule has 40 heavy (non-hydrogen) atoms. The molecule has 0 aromatic heterocycles. The van der Waals surface area contributed by atoms with Crippen LogP contribution in [0.15, 0.2) is 0 Å². The molecule has 2 unspecified atom stereocenters. The summed E-state index contributed by atoms with van der Waals surface area (Å²) in [4.78, 5) is 13.6. The lowest BCUT2D eigenvalue weighted by Crippen LogP contribution is -2.51. The van der Waals surface area contributed by atoms with Gasteiger partial charge in [-0.3, -0.25) is 0 Å². The Morgan fingerprint density at radius 2 is 0.850 bits per heavy atom. The number of aliphatic hydroxyl groups is 2. The van der Waals surface area contributed by atoms with Gasteiger partial charge in [0, 0.05) is 6.54 Å². The molecule has 2 amide bonds. The maximum atomic E-state index is 12.1. The van der Waals surface area contributed by atoms with Crippen molar-refractivity contribution in [2.45, 2.75) is 206 Å². The molecule has 0 aromatic rings. The van der Waals surface area contributed by atoms with E-state index in [0.29, 0.717) is 13.0 Å². The second-order valence-corrected chi connectivity index (χ2v) is 12.5. The maximum absolute atomic E-state index is 12.1. The minimum atomic E-state index is -0.711. The zero-order valence-corrected chi connectivity index (χ0v) is 27.2. The standard InChI is InChI=1S/C35H72N2O3/c1-3-5-7-9-11-13-15-17-19-21-23-25-27-29-31-37(35(36)40)33(32-38)34(39)30-28-26-24-22-20-18-16-14-12-10-8-6-4-2/h33-34,38-39H,3-32H2,1-2H3,(H2,36,40). The lowest BCUT2D eigenvalue weighted by Gasteiger charge is -2.32. The minimum Gasteiger partial charge on any atom is -0.394 e. The number of carbonyl (C=O) groups is 1. The van der Waals surface area contributed by atoms with E-state index in [1.165, 1.54) is 153 Å². The van der Waals surface area contributed by atoms with Crippen LogP contribution in [0, 0.1) is 0 Å². The van der Waals surface area contributed by atoms with Crippen molar-refractivity contribution in [1.29, 1.82) is 0 Å². The fraction of sp³-hybridized carbons (Fsp3) is 0.971. The Labute approximate surface area is 250 Å². The molecule has 0 aliphatic carbocycles. The Morgan fingerprint density at radius 3 is 1.15 bits per heavy atom. The number of hydrogen-bond acceptors (Lipinski definition) is 3. The summed E-state index contributed by atoms with van der Waals surface area (Å²) >= 11 is 0. The Balaban J connectivity index is 3.82. The van der Waals surface area contributed by atoms with E-state index in [0.717, 1.165) is 25.7 Å². The molecule has 0 bridgehead atoms. The number of nitrogens with zero attached hydrogens (tertiary/aromatic N) is 1. The fourth-order valence-corrected chi connectivity index (χ4v) is 5.91. The number of primary amides is 1. The Hall–Kier alpha value is -0.810. The quantitative estimate of drug-likeness (QED) is 0.0705.